The normalized spacial score (nSPS) is 22.6. The number of hydrogen-bond acceptors (Lipinski definition) is 3. The molecule has 1 saturated heterocycles. The van der Waals surface area contributed by atoms with E-state index in [0.717, 1.165) is 10.5 Å². The number of ether oxygens (including phenoxy) is 1. The predicted molar refractivity (Wildman–Crippen MR) is 71.1 cm³/mol. The Kier molecular flexibility index (Phi) is 4.46. The molecule has 0 unspecified atom stereocenters. The van der Waals surface area contributed by atoms with E-state index in [9.17, 15) is 14.7 Å². The third kappa shape index (κ3) is 3.40. The van der Waals surface area contributed by atoms with Crippen LogP contribution in [0.15, 0.2) is 24.3 Å². The highest BCUT2D eigenvalue weighted by Gasteiger charge is 2.35. The van der Waals surface area contributed by atoms with E-state index in [1.54, 1.807) is 12.1 Å². The summed E-state index contributed by atoms with van der Waals surface area (Å²) < 4.78 is 5.20. The fourth-order valence-electron chi connectivity index (χ4n) is 2.14. The molecule has 0 spiro atoms. The van der Waals surface area contributed by atoms with Crippen LogP contribution in [0, 0.1) is 0 Å². The van der Waals surface area contributed by atoms with Gasteiger partial charge in [-0.2, -0.15) is 0 Å². The van der Waals surface area contributed by atoms with Gasteiger partial charge in [-0.15, -0.1) is 0 Å². The van der Waals surface area contributed by atoms with Gasteiger partial charge in [-0.25, -0.2) is 9.59 Å². The van der Waals surface area contributed by atoms with Crippen molar-refractivity contribution in [1.82, 2.24) is 4.90 Å². The van der Waals surface area contributed by atoms with Gasteiger partial charge in [-0.05, 0) is 24.1 Å². The molecule has 0 bridgehead atoms. The first-order valence-corrected chi connectivity index (χ1v) is 6.43. The summed E-state index contributed by atoms with van der Waals surface area (Å²) in [6.45, 7) is -0.102. The molecule has 1 aliphatic rings. The van der Waals surface area contributed by atoms with Gasteiger partial charge in [-0.1, -0.05) is 23.7 Å². The minimum absolute atomic E-state index is 0.0614. The van der Waals surface area contributed by atoms with Crippen molar-refractivity contribution in [1.29, 1.82) is 0 Å². The van der Waals surface area contributed by atoms with Gasteiger partial charge in [0.1, 0.15) is 0 Å². The average Bonchev–Trinajstić information content (AvgIpc) is 2.41. The number of carboxylic acid groups (broad SMARTS) is 2. The van der Waals surface area contributed by atoms with E-state index in [4.69, 9.17) is 21.4 Å². The smallest absolute Gasteiger partial charge is 0.407 e. The molecule has 7 heteroatoms. The van der Waals surface area contributed by atoms with Crippen LogP contribution in [0.3, 0.4) is 0 Å². The number of carboxylic acids is 1. The number of rotatable bonds is 3. The highest BCUT2D eigenvalue weighted by molar-refractivity contribution is 6.30. The third-order valence-corrected chi connectivity index (χ3v) is 3.45. The Labute approximate surface area is 120 Å². The predicted octanol–water partition coefficient (Wildman–Crippen LogP) is 1.71. The number of halogens is 1. The van der Waals surface area contributed by atoms with Crippen molar-refractivity contribution in [2.45, 2.75) is 18.6 Å². The van der Waals surface area contributed by atoms with Crippen LogP contribution >= 0.6 is 11.6 Å². The quantitative estimate of drug-likeness (QED) is 0.887. The maximum Gasteiger partial charge on any atom is 0.407 e. The summed E-state index contributed by atoms with van der Waals surface area (Å²) in [7, 11) is 0. The summed E-state index contributed by atoms with van der Waals surface area (Å²) in [5.74, 6) is -1.15. The summed E-state index contributed by atoms with van der Waals surface area (Å²) in [4.78, 5) is 23.2. The van der Waals surface area contributed by atoms with Crippen molar-refractivity contribution in [2.75, 3.05) is 13.2 Å². The summed E-state index contributed by atoms with van der Waals surface area (Å²) >= 11 is 5.79. The van der Waals surface area contributed by atoms with Gasteiger partial charge in [0.15, 0.2) is 6.10 Å². The Morgan fingerprint density at radius 1 is 1.30 bits per heavy atom. The maximum atomic E-state index is 11.2. The molecule has 0 radical (unpaired) electrons. The Hall–Kier alpha value is -1.79. The van der Waals surface area contributed by atoms with E-state index < -0.39 is 24.2 Å². The fourth-order valence-corrected chi connectivity index (χ4v) is 2.27. The molecule has 0 aromatic heterocycles. The average molecular weight is 300 g/mol. The molecular weight excluding hydrogens is 286 g/mol. The molecule has 2 atom stereocenters. The van der Waals surface area contributed by atoms with Crippen LogP contribution in [0.1, 0.15) is 5.56 Å². The lowest BCUT2D eigenvalue weighted by atomic mass is 10.0. The maximum absolute atomic E-state index is 11.2. The molecular formula is C13H14ClNO5. The van der Waals surface area contributed by atoms with E-state index in [0.29, 0.717) is 11.4 Å². The highest BCUT2D eigenvalue weighted by atomic mass is 35.5. The molecule has 2 rings (SSSR count). The van der Waals surface area contributed by atoms with Gasteiger partial charge >= 0.3 is 12.1 Å². The molecule has 1 amide bonds. The molecule has 1 aliphatic heterocycles. The van der Waals surface area contributed by atoms with Crippen molar-refractivity contribution in [3.05, 3.63) is 34.9 Å². The number of hydrogen-bond donors (Lipinski definition) is 2. The second-order valence-corrected chi connectivity index (χ2v) is 5.02. The van der Waals surface area contributed by atoms with Gasteiger partial charge in [0.05, 0.1) is 19.2 Å². The Balaban J connectivity index is 2.08. The largest absolute Gasteiger partial charge is 0.479 e. The van der Waals surface area contributed by atoms with Gasteiger partial charge in [-0.3, -0.25) is 4.90 Å². The molecule has 6 nitrogen and oxygen atoms in total. The van der Waals surface area contributed by atoms with Gasteiger partial charge in [0.2, 0.25) is 0 Å². The molecule has 1 heterocycles. The second kappa shape index (κ2) is 6.11. The lowest BCUT2D eigenvalue weighted by Gasteiger charge is -2.36. The number of nitrogens with zero attached hydrogens (tertiary/aromatic N) is 1. The topological polar surface area (TPSA) is 87.1 Å². The monoisotopic (exact) mass is 299 g/mol. The van der Waals surface area contributed by atoms with Gasteiger partial charge < -0.3 is 14.9 Å². The first-order chi connectivity index (χ1) is 9.47. The fraction of sp³-hybridized carbons (Fsp3) is 0.385. The second-order valence-electron chi connectivity index (χ2n) is 4.58. The minimum Gasteiger partial charge on any atom is -0.479 e. The lowest BCUT2D eigenvalue weighted by Crippen LogP contribution is -2.54. The van der Waals surface area contributed by atoms with Crippen molar-refractivity contribution >= 4 is 23.7 Å². The van der Waals surface area contributed by atoms with E-state index in [1.807, 2.05) is 12.1 Å². The number of aliphatic carboxylic acids is 1. The van der Waals surface area contributed by atoms with Crippen LogP contribution in [-0.2, 0) is 16.0 Å². The van der Waals surface area contributed by atoms with Crippen molar-refractivity contribution in [3.63, 3.8) is 0 Å². The first-order valence-electron chi connectivity index (χ1n) is 6.06. The molecule has 108 valence electrons. The van der Waals surface area contributed by atoms with Crippen LogP contribution in [0.2, 0.25) is 5.02 Å². The summed E-state index contributed by atoms with van der Waals surface area (Å²) in [5, 5.41) is 18.7. The van der Waals surface area contributed by atoms with Crippen LogP contribution in [0.5, 0.6) is 0 Å². The highest BCUT2D eigenvalue weighted by Crippen LogP contribution is 2.18. The van der Waals surface area contributed by atoms with Crippen LogP contribution in [0.25, 0.3) is 0 Å². The summed E-state index contributed by atoms with van der Waals surface area (Å²) in [6, 6.07) is 6.68. The number of amides is 1. The first kappa shape index (κ1) is 14.6. The number of morpholine rings is 1. The van der Waals surface area contributed by atoms with E-state index in [2.05, 4.69) is 0 Å². The van der Waals surface area contributed by atoms with Crippen molar-refractivity contribution in [2.24, 2.45) is 0 Å². The Bertz CT molecular complexity index is 504. The molecule has 1 aromatic rings. The van der Waals surface area contributed by atoms with Crippen molar-refractivity contribution in [3.8, 4) is 0 Å². The Morgan fingerprint density at radius 3 is 2.50 bits per heavy atom. The molecule has 2 N–H and O–H groups in total. The van der Waals surface area contributed by atoms with Crippen LogP contribution in [0.4, 0.5) is 4.79 Å². The molecule has 0 saturated carbocycles. The molecule has 20 heavy (non-hydrogen) atoms. The zero-order valence-electron chi connectivity index (χ0n) is 10.5. The standard InChI is InChI=1S/C13H14ClNO5/c14-9-3-1-8(2-4-9)5-10-7-20-11(12(16)17)6-15(10)13(18)19/h1-4,10-11H,5-7H2,(H,16,17)(H,18,19)/t10-,11+/m0/s1. The number of benzene rings is 1. The molecule has 1 fully saturated rings. The van der Waals surface area contributed by atoms with Crippen LogP contribution < -0.4 is 0 Å². The summed E-state index contributed by atoms with van der Waals surface area (Å²) in [6.07, 6.45) is -1.79. The number of carbonyl (C=O) groups is 2. The van der Waals surface area contributed by atoms with Gasteiger partial charge in [0.25, 0.3) is 0 Å². The zero-order chi connectivity index (χ0) is 14.7. The SMILES string of the molecule is O=C(O)[C@H]1CN(C(=O)O)[C@@H](Cc2ccc(Cl)cc2)CO1. The summed E-state index contributed by atoms with van der Waals surface area (Å²) in [5.41, 5.74) is 0.919. The van der Waals surface area contributed by atoms with E-state index in [-0.39, 0.29) is 13.2 Å². The minimum atomic E-state index is -1.15. The van der Waals surface area contributed by atoms with Gasteiger partial charge in [0, 0.05) is 5.02 Å². The third-order valence-electron chi connectivity index (χ3n) is 3.20. The van der Waals surface area contributed by atoms with E-state index >= 15 is 0 Å². The molecule has 1 aromatic carbocycles. The molecule has 0 aliphatic carbocycles. The Morgan fingerprint density at radius 2 is 1.95 bits per heavy atom. The zero-order valence-corrected chi connectivity index (χ0v) is 11.3. The lowest BCUT2D eigenvalue weighted by molar-refractivity contribution is -0.157. The van der Waals surface area contributed by atoms with Crippen molar-refractivity contribution < 1.29 is 24.5 Å². The van der Waals surface area contributed by atoms with E-state index in [1.165, 1.54) is 0 Å². The van der Waals surface area contributed by atoms with Crippen LogP contribution in [-0.4, -0.2) is 52.5 Å².